The monoisotopic (exact) mass is 309 g/mol. The number of nitrogens with zero attached hydrogens (tertiary/aromatic N) is 1. The summed E-state index contributed by atoms with van der Waals surface area (Å²) in [5.74, 6) is 0.526. The minimum Gasteiger partial charge on any atom is -0.496 e. The molecular weight excluding hydrogens is 298 g/mol. The Labute approximate surface area is 102 Å². The number of benzene rings is 1. The Balaban J connectivity index is 3.29. The van der Waals surface area contributed by atoms with Crippen molar-refractivity contribution in [1.82, 2.24) is 0 Å². The largest absolute Gasteiger partial charge is 0.496 e. The van der Waals surface area contributed by atoms with Crippen molar-refractivity contribution in [3.8, 4) is 5.75 Å². The number of carbonyl (C=O) groups is 1. The van der Waals surface area contributed by atoms with Crippen LogP contribution in [0.2, 0.25) is 0 Å². The molecule has 0 saturated carbocycles. The van der Waals surface area contributed by atoms with Crippen LogP contribution in [0.3, 0.4) is 0 Å². The molecule has 0 saturated heterocycles. The first-order valence-corrected chi connectivity index (χ1v) is 7.20. The predicted molar refractivity (Wildman–Crippen MR) is 66.7 cm³/mol. The number of rotatable bonds is 2. The third kappa shape index (κ3) is 3.03. The van der Waals surface area contributed by atoms with E-state index in [-0.39, 0.29) is 0 Å². The number of hydrogen-bond acceptors (Lipinski definition) is 2. The van der Waals surface area contributed by atoms with Gasteiger partial charge in [0.2, 0.25) is 0 Å². The molecule has 0 bridgehead atoms. The Bertz CT molecular complexity index is 469. The van der Waals surface area contributed by atoms with Crippen LogP contribution >= 0.6 is 15.9 Å². The lowest BCUT2D eigenvalue weighted by Crippen LogP contribution is -2.10. The van der Waals surface area contributed by atoms with Crippen molar-refractivity contribution in [2.24, 2.45) is 4.36 Å². The number of thiol groups is 1. The molecule has 0 aliphatic rings. The highest BCUT2D eigenvalue weighted by molar-refractivity contribution is 9.10. The molecule has 90 valence electrons. The van der Waals surface area contributed by atoms with E-state index < -0.39 is 16.2 Å². The third-order valence-corrected chi connectivity index (χ3v) is 4.38. The van der Waals surface area contributed by atoms with Crippen LogP contribution in [0.25, 0.3) is 0 Å². The minimum atomic E-state index is -2.99. The Hall–Kier alpha value is -0.920. The van der Waals surface area contributed by atoms with Gasteiger partial charge in [-0.05, 0) is 40.4 Å². The molecule has 0 radical (unpaired) electrons. The molecule has 0 spiro atoms. The maximum Gasteiger partial charge on any atom is 0.437 e. The summed E-state index contributed by atoms with van der Waals surface area (Å²) in [4.78, 5) is 10.9. The van der Waals surface area contributed by atoms with Gasteiger partial charge in [-0.1, -0.05) is 10.1 Å². The normalized spacial score (nSPS) is 12.0. The van der Waals surface area contributed by atoms with Gasteiger partial charge in [-0.25, -0.2) is 4.79 Å². The summed E-state index contributed by atoms with van der Waals surface area (Å²) < 4.78 is 19.0. The Kier molecular flexibility index (Phi) is 4.06. The summed E-state index contributed by atoms with van der Waals surface area (Å²) in [7, 11) is -1.49. The summed E-state index contributed by atoms with van der Waals surface area (Å²) in [6.07, 6.45) is 0.0317. The van der Waals surface area contributed by atoms with Crippen molar-refractivity contribution in [1.29, 1.82) is 0 Å². The van der Waals surface area contributed by atoms with Crippen molar-refractivity contribution in [2.45, 2.75) is 4.90 Å². The van der Waals surface area contributed by atoms with Gasteiger partial charge in [0.15, 0.2) is 0 Å². The summed E-state index contributed by atoms with van der Waals surface area (Å²) in [5.41, 5.74) is 0. The number of methoxy groups -OCH3 is 1. The van der Waals surface area contributed by atoms with Crippen molar-refractivity contribution < 1.29 is 19.2 Å². The molecule has 1 aromatic rings. The van der Waals surface area contributed by atoms with Crippen LogP contribution in [-0.2, 0) is 10.1 Å². The molecule has 7 heteroatoms. The van der Waals surface area contributed by atoms with E-state index in [1.807, 2.05) is 0 Å². The lowest BCUT2D eigenvalue weighted by atomic mass is 10.3. The second-order valence-corrected chi connectivity index (χ2v) is 6.51. The lowest BCUT2D eigenvalue weighted by molar-refractivity contribution is 0.206. The molecule has 0 heterocycles. The Morgan fingerprint density at radius 2 is 2.19 bits per heavy atom. The van der Waals surface area contributed by atoms with E-state index in [1.54, 1.807) is 18.2 Å². The zero-order valence-corrected chi connectivity index (χ0v) is 11.2. The predicted octanol–water partition coefficient (Wildman–Crippen LogP) is 2.67. The molecule has 0 aliphatic carbocycles. The van der Waals surface area contributed by atoms with E-state index in [0.29, 0.717) is 10.6 Å². The quantitative estimate of drug-likeness (QED) is 0.734. The smallest absolute Gasteiger partial charge is 0.437 e. The van der Waals surface area contributed by atoms with Gasteiger partial charge in [0, 0.05) is 4.90 Å². The van der Waals surface area contributed by atoms with Gasteiger partial charge in [0.05, 0.1) is 11.6 Å². The van der Waals surface area contributed by atoms with Crippen LogP contribution in [0.15, 0.2) is 31.9 Å². The third-order valence-electron chi connectivity index (χ3n) is 1.90. The van der Waals surface area contributed by atoms with E-state index in [2.05, 4.69) is 20.3 Å². The topological polar surface area (TPSA) is 79.1 Å². The van der Waals surface area contributed by atoms with Gasteiger partial charge in [-0.15, -0.1) is 4.36 Å². The lowest BCUT2D eigenvalue weighted by Gasteiger charge is -2.18. The van der Waals surface area contributed by atoms with E-state index >= 15 is 0 Å². The van der Waals surface area contributed by atoms with Crippen LogP contribution in [0.5, 0.6) is 5.75 Å². The Morgan fingerprint density at radius 1 is 1.56 bits per heavy atom. The van der Waals surface area contributed by atoms with Crippen molar-refractivity contribution >= 4 is 32.1 Å². The van der Waals surface area contributed by atoms with Crippen molar-refractivity contribution in [3.05, 3.63) is 22.7 Å². The van der Waals surface area contributed by atoms with Gasteiger partial charge in [0.25, 0.3) is 0 Å². The van der Waals surface area contributed by atoms with E-state index in [9.17, 15) is 9.35 Å². The first kappa shape index (κ1) is 13.1. The van der Waals surface area contributed by atoms with Crippen LogP contribution in [0.1, 0.15) is 0 Å². The average molecular weight is 310 g/mol. The number of amides is 1. The standard InChI is InChI=1S/C9H12BrNO4S/c1-15-8-5-6(3-4-7(8)10)16(2,14)11-9(12)13/h3-5,16H,1-2H3,(H,11,14)(H,12,13). The molecule has 16 heavy (non-hydrogen) atoms. The molecule has 5 nitrogen and oxygen atoms in total. The molecule has 0 fully saturated rings. The van der Waals surface area contributed by atoms with Crippen molar-refractivity contribution in [3.63, 3.8) is 0 Å². The summed E-state index contributed by atoms with van der Waals surface area (Å²) in [5, 5.41) is 8.55. The number of halogens is 1. The van der Waals surface area contributed by atoms with Gasteiger partial charge < -0.3 is 14.4 Å². The van der Waals surface area contributed by atoms with E-state index in [1.165, 1.54) is 13.4 Å². The maximum absolute atomic E-state index is 10.5. The summed E-state index contributed by atoms with van der Waals surface area (Å²) >= 11 is 3.27. The molecule has 0 unspecified atom stereocenters. The van der Waals surface area contributed by atoms with E-state index in [4.69, 9.17) is 9.84 Å². The molecule has 0 aliphatic heterocycles. The highest BCUT2D eigenvalue weighted by Gasteiger charge is 2.11. The molecule has 1 amide bonds. The minimum absolute atomic E-state index is 0.454. The highest BCUT2D eigenvalue weighted by Crippen LogP contribution is 2.29. The van der Waals surface area contributed by atoms with Gasteiger partial charge in [-0.3, -0.25) is 0 Å². The van der Waals surface area contributed by atoms with Crippen LogP contribution in [0, 0.1) is 0 Å². The first-order chi connectivity index (χ1) is 7.36. The van der Waals surface area contributed by atoms with E-state index in [0.717, 1.165) is 4.47 Å². The van der Waals surface area contributed by atoms with Gasteiger partial charge in [-0.2, -0.15) is 0 Å². The molecule has 2 N–H and O–H groups in total. The second-order valence-electron chi connectivity index (χ2n) is 3.11. The van der Waals surface area contributed by atoms with Gasteiger partial charge >= 0.3 is 6.09 Å². The summed E-state index contributed by atoms with van der Waals surface area (Å²) in [6.45, 7) is 0. The fourth-order valence-corrected chi connectivity index (χ4v) is 2.71. The zero-order chi connectivity index (χ0) is 12.3. The van der Waals surface area contributed by atoms with Crippen LogP contribution in [-0.4, -0.2) is 29.1 Å². The second kappa shape index (κ2) is 4.94. The van der Waals surface area contributed by atoms with Gasteiger partial charge in [0.1, 0.15) is 5.75 Å². The molecular formula is C9H12BrNO4S. The van der Waals surface area contributed by atoms with Crippen LogP contribution < -0.4 is 4.74 Å². The number of ether oxygens (including phenoxy) is 1. The molecule has 0 aromatic heterocycles. The Morgan fingerprint density at radius 3 is 2.69 bits per heavy atom. The molecule has 0 atom stereocenters. The highest BCUT2D eigenvalue weighted by atomic mass is 79.9. The number of carboxylic acid groups (broad SMARTS) is 1. The molecule has 1 aromatic carbocycles. The zero-order valence-electron chi connectivity index (χ0n) is 8.72. The number of hydrogen-bond donors (Lipinski definition) is 3. The SMILES string of the molecule is COc1cc([SH](C)(O)=NC(=O)O)ccc1Br. The fraction of sp³-hybridized carbons (Fsp3) is 0.222. The maximum atomic E-state index is 10.5. The summed E-state index contributed by atoms with van der Waals surface area (Å²) in [6, 6.07) is 4.87. The van der Waals surface area contributed by atoms with Crippen molar-refractivity contribution in [2.75, 3.05) is 13.4 Å². The van der Waals surface area contributed by atoms with Crippen LogP contribution in [0.4, 0.5) is 4.79 Å². The fourth-order valence-electron chi connectivity index (χ4n) is 1.14. The molecule has 1 rings (SSSR count). The average Bonchev–Trinajstić information content (AvgIpc) is 2.16. The first-order valence-electron chi connectivity index (χ1n) is 4.26.